The lowest BCUT2D eigenvalue weighted by molar-refractivity contribution is -0.138. The van der Waals surface area contributed by atoms with Gasteiger partial charge in [0, 0.05) is 11.9 Å². The third-order valence-electron chi connectivity index (χ3n) is 4.80. The average Bonchev–Trinajstić information content (AvgIpc) is 3.13. The Kier molecular flexibility index (Phi) is 5.58. The van der Waals surface area contributed by atoms with Crippen LogP contribution < -0.4 is 11.5 Å². The molecule has 1 aliphatic heterocycles. The Hall–Kier alpha value is -1.92. The van der Waals surface area contributed by atoms with E-state index in [0.717, 1.165) is 0 Å². The van der Waals surface area contributed by atoms with Crippen molar-refractivity contribution >= 4 is 34.6 Å². The van der Waals surface area contributed by atoms with E-state index in [1.54, 1.807) is 16.8 Å². The Morgan fingerprint density at radius 3 is 2.96 bits per heavy atom. The van der Waals surface area contributed by atoms with E-state index >= 15 is 0 Å². The molecule has 0 radical (unpaired) electrons. The summed E-state index contributed by atoms with van der Waals surface area (Å²) in [7, 11) is 0. The maximum absolute atomic E-state index is 10.7. The minimum Gasteiger partial charge on any atom is -0.480 e. The first kappa shape index (κ1) is 19.8. The van der Waals surface area contributed by atoms with Crippen LogP contribution in [-0.2, 0) is 9.53 Å². The van der Waals surface area contributed by atoms with Crippen molar-refractivity contribution in [2.45, 2.75) is 43.4 Å². The molecule has 2 aromatic rings. The fraction of sp³-hybridized carbons (Fsp3) is 0.562. The van der Waals surface area contributed by atoms with E-state index in [-0.39, 0.29) is 0 Å². The number of aliphatic hydroxyl groups excluding tert-OH is 1. The van der Waals surface area contributed by atoms with Crippen LogP contribution >= 0.6 is 11.8 Å². The van der Waals surface area contributed by atoms with Crippen LogP contribution in [0.15, 0.2) is 18.6 Å². The number of carboxylic acid groups (broad SMARTS) is 1. The molecular formula is C16H23N5O5S. The Morgan fingerprint density at radius 2 is 2.26 bits per heavy atom. The number of carboxylic acids is 1. The molecule has 7 N–H and O–H groups in total. The smallest absolute Gasteiger partial charge is 0.320 e. The van der Waals surface area contributed by atoms with Crippen molar-refractivity contribution in [1.82, 2.24) is 14.5 Å². The van der Waals surface area contributed by atoms with Gasteiger partial charge in [-0.3, -0.25) is 4.79 Å². The van der Waals surface area contributed by atoms with E-state index < -0.39 is 36.0 Å². The van der Waals surface area contributed by atoms with E-state index in [2.05, 4.69) is 9.97 Å². The molecule has 0 aromatic carbocycles. The standard InChI is InChI=1S/C16H23N5O5S/c1-16(25)10(6-27-5-3-9(17)15(23)24)26-14(11(16)22)21-4-2-8-12(18)19-7-20-13(8)21/h2,4,7,9-11,14,22,25H,3,5-6,17H2,1H3,(H,23,24)(H2,18,19,20)/t9?,10-,11+,14-,16-/m1/s1. The third-order valence-corrected chi connectivity index (χ3v) is 5.86. The fourth-order valence-electron chi connectivity index (χ4n) is 3.01. The number of hydrogen-bond acceptors (Lipinski definition) is 9. The largest absolute Gasteiger partial charge is 0.480 e. The highest BCUT2D eigenvalue weighted by molar-refractivity contribution is 7.99. The minimum atomic E-state index is -1.48. The zero-order valence-electron chi connectivity index (χ0n) is 14.7. The van der Waals surface area contributed by atoms with Gasteiger partial charge in [-0.2, -0.15) is 11.8 Å². The number of aliphatic hydroxyl groups is 2. The molecule has 11 heteroatoms. The van der Waals surface area contributed by atoms with Gasteiger partial charge >= 0.3 is 5.97 Å². The molecule has 27 heavy (non-hydrogen) atoms. The normalized spacial score (nSPS) is 29.3. The first-order valence-corrected chi connectivity index (χ1v) is 9.58. The monoisotopic (exact) mass is 397 g/mol. The third kappa shape index (κ3) is 3.73. The van der Waals surface area contributed by atoms with Gasteiger partial charge in [0.15, 0.2) is 6.23 Å². The Balaban J connectivity index is 1.70. The zero-order valence-corrected chi connectivity index (χ0v) is 15.5. The van der Waals surface area contributed by atoms with E-state index in [1.165, 1.54) is 25.0 Å². The number of carbonyl (C=O) groups is 1. The summed E-state index contributed by atoms with van der Waals surface area (Å²) in [5, 5.41) is 30.8. The van der Waals surface area contributed by atoms with Crippen LogP contribution in [-0.4, -0.2) is 71.2 Å². The molecule has 0 amide bonds. The van der Waals surface area contributed by atoms with Gasteiger partial charge < -0.3 is 36.1 Å². The maximum atomic E-state index is 10.7. The second-order valence-corrected chi connectivity index (χ2v) is 7.86. The van der Waals surface area contributed by atoms with Gasteiger partial charge in [0.2, 0.25) is 0 Å². The van der Waals surface area contributed by atoms with Crippen LogP contribution in [0.1, 0.15) is 19.6 Å². The minimum absolute atomic E-state index is 0.305. The molecule has 148 valence electrons. The lowest BCUT2D eigenvalue weighted by atomic mass is 9.95. The number of rotatable bonds is 7. The van der Waals surface area contributed by atoms with E-state index in [9.17, 15) is 15.0 Å². The predicted molar refractivity (Wildman–Crippen MR) is 100 cm³/mol. The van der Waals surface area contributed by atoms with Gasteiger partial charge in [-0.25, -0.2) is 9.97 Å². The fourth-order valence-corrected chi connectivity index (χ4v) is 4.22. The number of anilines is 1. The zero-order chi connectivity index (χ0) is 19.8. The Bertz CT molecular complexity index is 829. The second kappa shape index (κ2) is 7.60. The van der Waals surface area contributed by atoms with Crippen LogP contribution in [0.3, 0.4) is 0 Å². The number of aromatic nitrogens is 3. The molecule has 0 bridgehead atoms. The summed E-state index contributed by atoms with van der Waals surface area (Å²) in [6.07, 6.45) is 0.641. The molecule has 1 aliphatic rings. The molecule has 3 rings (SSSR count). The van der Waals surface area contributed by atoms with E-state index in [0.29, 0.717) is 34.8 Å². The van der Waals surface area contributed by atoms with Crippen molar-refractivity contribution in [3.63, 3.8) is 0 Å². The number of nitrogen functional groups attached to an aromatic ring is 1. The highest BCUT2D eigenvalue weighted by atomic mass is 32.2. The summed E-state index contributed by atoms with van der Waals surface area (Å²) in [4.78, 5) is 18.9. The van der Waals surface area contributed by atoms with Crippen LogP contribution in [0.5, 0.6) is 0 Å². The van der Waals surface area contributed by atoms with Crippen molar-refractivity contribution in [3.8, 4) is 0 Å². The molecule has 1 fully saturated rings. The topological polar surface area (TPSA) is 170 Å². The number of aliphatic carboxylic acids is 1. The highest BCUT2D eigenvalue weighted by Gasteiger charge is 2.52. The number of ether oxygens (including phenoxy) is 1. The number of fused-ring (bicyclic) bond motifs is 1. The van der Waals surface area contributed by atoms with Gasteiger partial charge in [-0.05, 0) is 25.2 Å². The number of nitrogens with two attached hydrogens (primary N) is 2. The number of hydrogen-bond donors (Lipinski definition) is 5. The lowest BCUT2D eigenvalue weighted by Gasteiger charge is -2.26. The van der Waals surface area contributed by atoms with Gasteiger partial charge in [0.05, 0.1) is 5.39 Å². The van der Waals surface area contributed by atoms with E-state index in [1.807, 2.05) is 0 Å². The molecule has 1 unspecified atom stereocenters. The molecule has 3 heterocycles. The van der Waals surface area contributed by atoms with Crippen LogP contribution in [0.25, 0.3) is 11.0 Å². The summed E-state index contributed by atoms with van der Waals surface area (Å²) >= 11 is 1.41. The van der Waals surface area contributed by atoms with Crippen molar-refractivity contribution in [1.29, 1.82) is 0 Å². The van der Waals surface area contributed by atoms with E-state index in [4.69, 9.17) is 21.3 Å². The lowest BCUT2D eigenvalue weighted by Crippen LogP contribution is -2.45. The molecule has 0 spiro atoms. The van der Waals surface area contributed by atoms with Crippen molar-refractivity contribution in [3.05, 3.63) is 18.6 Å². The van der Waals surface area contributed by atoms with Crippen molar-refractivity contribution in [2.75, 3.05) is 17.2 Å². The van der Waals surface area contributed by atoms with Gasteiger partial charge in [-0.15, -0.1) is 0 Å². The first-order valence-electron chi connectivity index (χ1n) is 8.42. The predicted octanol–water partition coefficient (Wildman–Crippen LogP) is -0.442. The van der Waals surface area contributed by atoms with Gasteiger partial charge in [0.25, 0.3) is 0 Å². The molecule has 5 atom stereocenters. The Morgan fingerprint density at radius 1 is 1.52 bits per heavy atom. The molecule has 1 saturated heterocycles. The summed E-state index contributed by atoms with van der Waals surface area (Å²) in [5.74, 6) is 0.152. The van der Waals surface area contributed by atoms with Crippen LogP contribution in [0.2, 0.25) is 0 Å². The molecule has 2 aromatic heterocycles. The van der Waals surface area contributed by atoms with Crippen LogP contribution in [0.4, 0.5) is 5.82 Å². The molecular weight excluding hydrogens is 374 g/mol. The van der Waals surface area contributed by atoms with Gasteiger partial charge in [0.1, 0.15) is 41.6 Å². The highest BCUT2D eigenvalue weighted by Crippen LogP contribution is 2.40. The van der Waals surface area contributed by atoms with Crippen LogP contribution in [0, 0.1) is 0 Å². The van der Waals surface area contributed by atoms with Gasteiger partial charge in [-0.1, -0.05) is 0 Å². The molecule has 10 nitrogen and oxygen atoms in total. The SMILES string of the molecule is C[C@@]1(O)[C@@H](CSCCC(N)C(=O)O)O[C@@H](n2ccc3c(N)ncnc32)[C@@H]1O. The average molecular weight is 397 g/mol. The quantitative estimate of drug-likeness (QED) is 0.386. The summed E-state index contributed by atoms with van der Waals surface area (Å²) < 4.78 is 7.55. The summed E-state index contributed by atoms with van der Waals surface area (Å²) in [6.45, 7) is 1.51. The Labute approximate surface area is 159 Å². The van der Waals surface area contributed by atoms with Crippen molar-refractivity contribution < 1.29 is 24.9 Å². The first-order chi connectivity index (χ1) is 12.7. The second-order valence-electron chi connectivity index (χ2n) is 6.71. The van der Waals surface area contributed by atoms with Crippen molar-refractivity contribution in [2.24, 2.45) is 5.73 Å². The molecule has 0 aliphatic carbocycles. The maximum Gasteiger partial charge on any atom is 0.320 e. The molecule has 0 saturated carbocycles. The number of thioether (sulfide) groups is 1. The summed E-state index contributed by atoms with van der Waals surface area (Å²) in [6, 6.07) is 0.808. The number of nitrogens with zero attached hydrogens (tertiary/aromatic N) is 3. The summed E-state index contributed by atoms with van der Waals surface area (Å²) in [5.41, 5.74) is 10.3.